The first-order valence-electron chi connectivity index (χ1n) is 6.36. The number of benzene rings is 2. The molecule has 0 bridgehead atoms. The number of H-pyrrole nitrogens is 1. The van der Waals surface area contributed by atoms with E-state index in [1.807, 2.05) is 0 Å². The zero-order chi connectivity index (χ0) is 18.5. The fourth-order valence-corrected chi connectivity index (χ4v) is 3.15. The minimum Gasteiger partial charge on any atom is -0.450 e. The van der Waals surface area contributed by atoms with E-state index in [-0.39, 0.29) is 47.6 Å². The number of aromatic nitrogens is 2. The van der Waals surface area contributed by atoms with E-state index in [1.165, 1.54) is 18.2 Å². The number of imidazole rings is 1. The van der Waals surface area contributed by atoms with Gasteiger partial charge in [-0.3, -0.25) is 0 Å². The first-order valence-corrected chi connectivity index (χ1v) is 8.25. The Labute approximate surface area is 163 Å². The van der Waals surface area contributed by atoms with E-state index in [4.69, 9.17) is 62.7 Å². The average Bonchev–Trinajstić information content (AvgIpc) is 2.96. The van der Waals surface area contributed by atoms with Crippen LogP contribution in [0.15, 0.2) is 18.2 Å². The van der Waals surface area contributed by atoms with Crippen LogP contribution in [0, 0.1) is 0 Å². The maximum absolute atomic E-state index is 12.9. The van der Waals surface area contributed by atoms with Gasteiger partial charge in [0.15, 0.2) is 11.5 Å². The highest BCUT2D eigenvalue weighted by atomic mass is 35.5. The Kier molecular flexibility index (Phi) is 4.94. The average molecular weight is 450 g/mol. The third-order valence-electron chi connectivity index (χ3n) is 3.10. The summed E-state index contributed by atoms with van der Waals surface area (Å²) in [6, 6.07) is 4.06. The van der Waals surface area contributed by atoms with Crippen LogP contribution in [-0.2, 0) is 6.18 Å². The Hall–Kier alpha value is -1.05. The molecule has 0 saturated carbocycles. The van der Waals surface area contributed by atoms with Crippen molar-refractivity contribution in [2.45, 2.75) is 6.18 Å². The lowest BCUT2D eigenvalue weighted by Crippen LogP contribution is -2.06. The van der Waals surface area contributed by atoms with Crippen LogP contribution in [0.25, 0.3) is 11.0 Å². The lowest BCUT2D eigenvalue weighted by Gasteiger charge is -2.12. The monoisotopic (exact) mass is 448 g/mol. The number of nitrogens with zero attached hydrogens (tertiary/aromatic N) is 1. The number of aromatic amines is 1. The molecule has 0 amide bonds. The van der Waals surface area contributed by atoms with Crippen LogP contribution in [0.4, 0.5) is 13.2 Å². The summed E-state index contributed by atoms with van der Waals surface area (Å²) >= 11 is 30.0. The molecule has 1 aromatic heterocycles. The number of hydrogen-bond acceptors (Lipinski definition) is 2. The summed E-state index contributed by atoms with van der Waals surface area (Å²) in [4.78, 5) is 5.56. The SMILES string of the molecule is FC(F)(F)c1nc2c(Cl)cc(Cl)c(Oc3c(Cl)ccc(Cl)c3Cl)c2[nH]1. The molecule has 0 aliphatic heterocycles. The second kappa shape index (κ2) is 6.59. The zero-order valence-electron chi connectivity index (χ0n) is 11.6. The van der Waals surface area contributed by atoms with Crippen molar-refractivity contribution in [1.29, 1.82) is 0 Å². The van der Waals surface area contributed by atoms with Crippen molar-refractivity contribution in [2.75, 3.05) is 0 Å². The number of hydrogen-bond donors (Lipinski definition) is 1. The zero-order valence-corrected chi connectivity index (χ0v) is 15.4. The van der Waals surface area contributed by atoms with Crippen LogP contribution in [0.5, 0.6) is 11.5 Å². The van der Waals surface area contributed by atoms with Gasteiger partial charge in [-0.25, -0.2) is 4.98 Å². The van der Waals surface area contributed by atoms with Crippen molar-refractivity contribution in [1.82, 2.24) is 9.97 Å². The van der Waals surface area contributed by atoms with Crippen LogP contribution in [0.2, 0.25) is 25.1 Å². The summed E-state index contributed by atoms with van der Waals surface area (Å²) in [6.45, 7) is 0. The Morgan fingerprint density at radius 3 is 2.16 bits per heavy atom. The van der Waals surface area contributed by atoms with E-state index >= 15 is 0 Å². The third kappa shape index (κ3) is 3.46. The summed E-state index contributed by atoms with van der Waals surface area (Å²) in [5.74, 6) is -1.49. The molecule has 25 heavy (non-hydrogen) atoms. The first-order chi connectivity index (χ1) is 11.6. The minimum absolute atomic E-state index is 0.0242. The molecule has 3 rings (SSSR count). The summed E-state index contributed by atoms with van der Waals surface area (Å²) in [5, 5.41) is 0.0559. The molecular formula is C14H4Cl5F3N2O. The Bertz CT molecular complexity index is 987. The molecule has 0 unspecified atom stereocenters. The molecule has 0 saturated heterocycles. The van der Waals surface area contributed by atoms with Gasteiger partial charge < -0.3 is 9.72 Å². The highest BCUT2D eigenvalue weighted by Gasteiger charge is 2.36. The van der Waals surface area contributed by atoms with E-state index in [2.05, 4.69) is 9.97 Å². The number of fused-ring (bicyclic) bond motifs is 1. The molecule has 0 aliphatic carbocycles. The highest BCUT2D eigenvalue weighted by molar-refractivity contribution is 6.45. The van der Waals surface area contributed by atoms with Crippen molar-refractivity contribution in [3.8, 4) is 11.5 Å². The van der Waals surface area contributed by atoms with Gasteiger partial charge in [0.2, 0.25) is 5.82 Å². The van der Waals surface area contributed by atoms with Crippen LogP contribution in [0.3, 0.4) is 0 Å². The smallest absolute Gasteiger partial charge is 0.449 e. The molecule has 3 nitrogen and oxygen atoms in total. The largest absolute Gasteiger partial charge is 0.450 e. The van der Waals surface area contributed by atoms with Crippen LogP contribution < -0.4 is 4.74 Å². The standard InChI is InChI=1S/C14H4Cl5F3N2O/c15-4-1-2-5(16)11(8(4)19)25-12-7(18)3-6(17)9-10(12)24-13(23-9)14(20,21)22/h1-3H,(H,23,24). The molecule has 0 aliphatic rings. The maximum atomic E-state index is 12.9. The second-order valence-electron chi connectivity index (χ2n) is 4.75. The van der Waals surface area contributed by atoms with Gasteiger partial charge in [0.05, 0.1) is 20.1 Å². The van der Waals surface area contributed by atoms with Gasteiger partial charge in [-0.2, -0.15) is 13.2 Å². The fraction of sp³-hybridized carbons (Fsp3) is 0.0714. The first kappa shape index (κ1) is 18.7. The quantitative estimate of drug-likeness (QED) is 0.408. The maximum Gasteiger partial charge on any atom is 0.449 e. The summed E-state index contributed by atoms with van der Waals surface area (Å²) in [6.07, 6.45) is -4.71. The summed E-state index contributed by atoms with van der Waals surface area (Å²) in [5.41, 5.74) is -0.320. The molecule has 2 aromatic carbocycles. The molecule has 3 aromatic rings. The van der Waals surface area contributed by atoms with Gasteiger partial charge in [0.1, 0.15) is 16.1 Å². The van der Waals surface area contributed by atoms with E-state index in [0.29, 0.717) is 0 Å². The molecule has 0 atom stereocenters. The molecule has 0 radical (unpaired) electrons. The van der Waals surface area contributed by atoms with Gasteiger partial charge in [0, 0.05) is 0 Å². The molecule has 132 valence electrons. The van der Waals surface area contributed by atoms with Gasteiger partial charge >= 0.3 is 6.18 Å². The van der Waals surface area contributed by atoms with E-state index in [1.54, 1.807) is 0 Å². The van der Waals surface area contributed by atoms with Crippen LogP contribution in [0.1, 0.15) is 5.82 Å². The van der Waals surface area contributed by atoms with E-state index in [9.17, 15) is 13.2 Å². The molecule has 1 N–H and O–H groups in total. The van der Waals surface area contributed by atoms with Crippen LogP contribution in [-0.4, -0.2) is 9.97 Å². The number of halogens is 8. The van der Waals surface area contributed by atoms with Gasteiger partial charge in [-0.1, -0.05) is 58.0 Å². The highest BCUT2D eigenvalue weighted by Crippen LogP contribution is 2.46. The summed E-state index contributed by atoms with van der Waals surface area (Å²) < 4.78 is 44.4. The number of rotatable bonds is 2. The van der Waals surface area contributed by atoms with Crippen molar-refractivity contribution in [3.05, 3.63) is 49.1 Å². The van der Waals surface area contributed by atoms with E-state index in [0.717, 1.165) is 0 Å². The number of ether oxygens (including phenoxy) is 1. The molecular weight excluding hydrogens is 446 g/mol. The lowest BCUT2D eigenvalue weighted by molar-refractivity contribution is -0.144. The molecule has 0 spiro atoms. The van der Waals surface area contributed by atoms with E-state index < -0.39 is 12.0 Å². The Balaban J connectivity index is 2.23. The molecule has 1 heterocycles. The Morgan fingerprint density at radius 1 is 0.880 bits per heavy atom. The number of alkyl halides is 3. The third-order valence-corrected chi connectivity index (χ3v) is 4.76. The predicted octanol–water partition coefficient (Wildman–Crippen LogP) is 7.64. The van der Waals surface area contributed by atoms with Gasteiger partial charge in [-0.05, 0) is 18.2 Å². The number of nitrogens with one attached hydrogen (secondary N) is 1. The second-order valence-corrected chi connectivity index (χ2v) is 6.76. The van der Waals surface area contributed by atoms with Crippen LogP contribution >= 0.6 is 58.0 Å². The minimum atomic E-state index is -4.71. The molecule has 0 fully saturated rings. The molecule has 11 heteroatoms. The van der Waals surface area contributed by atoms with Crippen molar-refractivity contribution < 1.29 is 17.9 Å². The van der Waals surface area contributed by atoms with Crippen molar-refractivity contribution in [3.63, 3.8) is 0 Å². The topological polar surface area (TPSA) is 37.9 Å². The van der Waals surface area contributed by atoms with Crippen molar-refractivity contribution >= 4 is 69.0 Å². The van der Waals surface area contributed by atoms with Gasteiger partial charge in [-0.15, -0.1) is 0 Å². The normalized spacial score (nSPS) is 12.0. The van der Waals surface area contributed by atoms with Gasteiger partial charge in [0.25, 0.3) is 0 Å². The van der Waals surface area contributed by atoms with Crippen molar-refractivity contribution in [2.24, 2.45) is 0 Å². The fourth-order valence-electron chi connectivity index (χ4n) is 2.01. The summed E-state index contributed by atoms with van der Waals surface area (Å²) in [7, 11) is 0. The predicted molar refractivity (Wildman–Crippen MR) is 92.7 cm³/mol. The Morgan fingerprint density at radius 2 is 1.52 bits per heavy atom. The lowest BCUT2D eigenvalue weighted by atomic mass is 10.3.